The van der Waals surface area contributed by atoms with Crippen LogP contribution in [0.15, 0.2) is 30.5 Å². The van der Waals surface area contributed by atoms with E-state index in [0.29, 0.717) is 12.1 Å². The van der Waals surface area contributed by atoms with Crippen molar-refractivity contribution in [3.05, 3.63) is 51.5 Å². The van der Waals surface area contributed by atoms with Crippen LogP contribution in [0.4, 0.5) is 0 Å². The van der Waals surface area contributed by atoms with Gasteiger partial charge in [-0.2, -0.15) is 0 Å². The Labute approximate surface area is 105 Å². The highest BCUT2D eigenvalue weighted by Gasteiger charge is 2.06. The standard InChI is InChI=1S/C13H14N2OS/c1-9-4-3-5-11(6-9)13(16)15-8-12-14-7-10(2)17-12/h3-7H,8H2,1-2H3,(H,15,16). The predicted molar refractivity (Wildman–Crippen MR) is 69.2 cm³/mol. The minimum atomic E-state index is -0.0541. The summed E-state index contributed by atoms with van der Waals surface area (Å²) in [5.74, 6) is -0.0541. The molecule has 0 fully saturated rings. The number of hydrogen-bond acceptors (Lipinski definition) is 3. The van der Waals surface area contributed by atoms with Crippen LogP contribution in [0.1, 0.15) is 25.8 Å². The van der Waals surface area contributed by atoms with Gasteiger partial charge in [0.15, 0.2) is 0 Å². The number of hydrogen-bond donors (Lipinski definition) is 1. The Kier molecular flexibility index (Phi) is 3.54. The second kappa shape index (κ2) is 5.10. The van der Waals surface area contributed by atoms with E-state index in [1.54, 1.807) is 11.3 Å². The molecule has 0 saturated carbocycles. The van der Waals surface area contributed by atoms with Gasteiger partial charge >= 0.3 is 0 Å². The maximum atomic E-state index is 11.8. The van der Waals surface area contributed by atoms with Gasteiger partial charge in [0.25, 0.3) is 5.91 Å². The van der Waals surface area contributed by atoms with Gasteiger partial charge in [0, 0.05) is 16.6 Å². The lowest BCUT2D eigenvalue weighted by Crippen LogP contribution is -2.22. The zero-order valence-electron chi connectivity index (χ0n) is 9.86. The number of nitrogens with zero attached hydrogens (tertiary/aromatic N) is 1. The van der Waals surface area contributed by atoms with Crippen LogP contribution in [-0.4, -0.2) is 10.9 Å². The lowest BCUT2D eigenvalue weighted by Gasteiger charge is -2.03. The first-order chi connectivity index (χ1) is 8.15. The maximum Gasteiger partial charge on any atom is 0.251 e. The number of carbonyl (C=O) groups excluding carboxylic acids is 1. The molecule has 17 heavy (non-hydrogen) atoms. The average molecular weight is 246 g/mol. The maximum absolute atomic E-state index is 11.8. The molecule has 0 unspecified atom stereocenters. The number of nitrogens with one attached hydrogen (secondary N) is 1. The van der Waals surface area contributed by atoms with Crippen LogP contribution in [0.25, 0.3) is 0 Å². The number of carbonyl (C=O) groups is 1. The monoisotopic (exact) mass is 246 g/mol. The molecule has 0 aliphatic rings. The summed E-state index contributed by atoms with van der Waals surface area (Å²) in [6.07, 6.45) is 1.82. The average Bonchev–Trinajstić information content (AvgIpc) is 2.72. The minimum absolute atomic E-state index is 0.0541. The summed E-state index contributed by atoms with van der Waals surface area (Å²) in [6, 6.07) is 7.55. The topological polar surface area (TPSA) is 42.0 Å². The molecule has 3 nitrogen and oxygen atoms in total. The van der Waals surface area contributed by atoms with Crippen LogP contribution in [0.2, 0.25) is 0 Å². The normalized spacial score (nSPS) is 10.2. The molecule has 0 aliphatic heterocycles. The van der Waals surface area contributed by atoms with Gasteiger partial charge in [0.1, 0.15) is 5.01 Å². The van der Waals surface area contributed by atoms with E-state index in [-0.39, 0.29) is 5.91 Å². The molecule has 0 bridgehead atoms. The molecule has 0 radical (unpaired) electrons. The summed E-state index contributed by atoms with van der Waals surface area (Å²) in [6.45, 7) is 4.47. The number of thiazole rings is 1. The zero-order valence-corrected chi connectivity index (χ0v) is 10.7. The second-order valence-corrected chi connectivity index (χ2v) is 5.24. The molecule has 88 valence electrons. The largest absolute Gasteiger partial charge is 0.346 e. The number of benzene rings is 1. The number of amides is 1. The third-order valence-corrected chi connectivity index (χ3v) is 3.26. The summed E-state index contributed by atoms with van der Waals surface area (Å²) in [5.41, 5.74) is 1.78. The van der Waals surface area contributed by atoms with Gasteiger partial charge in [-0.15, -0.1) is 11.3 Å². The van der Waals surface area contributed by atoms with E-state index in [1.165, 1.54) is 0 Å². The van der Waals surface area contributed by atoms with Crippen molar-refractivity contribution < 1.29 is 4.79 Å². The van der Waals surface area contributed by atoms with Crippen molar-refractivity contribution in [3.63, 3.8) is 0 Å². The fraction of sp³-hybridized carbons (Fsp3) is 0.231. The van der Waals surface area contributed by atoms with E-state index in [9.17, 15) is 4.79 Å². The third-order valence-electron chi connectivity index (χ3n) is 2.35. The zero-order chi connectivity index (χ0) is 12.3. The molecule has 0 aliphatic carbocycles. The van der Waals surface area contributed by atoms with E-state index in [2.05, 4.69) is 10.3 Å². The van der Waals surface area contributed by atoms with Gasteiger partial charge < -0.3 is 5.32 Å². The van der Waals surface area contributed by atoms with Crippen LogP contribution in [0.5, 0.6) is 0 Å². The van der Waals surface area contributed by atoms with E-state index in [4.69, 9.17) is 0 Å². The van der Waals surface area contributed by atoms with Gasteiger partial charge in [-0.1, -0.05) is 17.7 Å². The molecule has 1 aromatic heterocycles. The molecule has 0 spiro atoms. The van der Waals surface area contributed by atoms with E-state index in [1.807, 2.05) is 44.3 Å². The molecule has 2 rings (SSSR count). The molecule has 4 heteroatoms. The number of aryl methyl sites for hydroxylation is 2. The van der Waals surface area contributed by atoms with Crippen LogP contribution < -0.4 is 5.32 Å². The first-order valence-electron chi connectivity index (χ1n) is 5.41. The van der Waals surface area contributed by atoms with Crippen molar-refractivity contribution in [2.75, 3.05) is 0 Å². The molecule has 0 saturated heterocycles. The lowest BCUT2D eigenvalue weighted by atomic mass is 10.1. The molecule has 1 aromatic carbocycles. The molecule has 1 N–H and O–H groups in total. The summed E-state index contributed by atoms with van der Waals surface area (Å²) in [5, 5.41) is 3.80. The molecule has 2 aromatic rings. The van der Waals surface area contributed by atoms with Crippen molar-refractivity contribution in [3.8, 4) is 0 Å². The predicted octanol–water partition coefficient (Wildman–Crippen LogP) is 2.69. The van der Waals surface area contributed by atoms with E-state index >= 15 is 0 Å². The Morgan fingerprint density at radius 1 is 1.41 bits per heavy atom. The Hall–Kier alpha value is -1.68. The smallest absolute Gasteiger partial charge is 0.251 e. The van der Waals surface area contributed by atoms with Crippen LogP contribution in [-0.2, 0) is 6.54 Å². The second-order valence-electron chi connectivity index (χ2n) is 3.92. The Bertz CT molecular complexity index is 534. The number of rotatable bonds is 3. The third kappa shape index (κ3) is 3.14. The van der Waals surface area contributed by atoms with E-state index < -0.39 is 0 Å². The Morgan fingerprint density at radius 2 is 2.24 bits per heavy atom. The van der Waals surface area contributed by atoms with Gasteiger partial charge in [-0.05, 0) is 26.0 Å². The molecular formula is C13H14N2OS. The van der Waals surface area contributed by atoms with Gasteiger partial charge in [-0.3, -0.25) is 4.79 Å². The van der Waals surface area contributed by atoms with Crippen molar-refractivity contribution in [2.24, 2.45) is 0 Å². The Morgan fingerprint density at radius 3 is 2.88 bits per heavy atom. The van der Waals surface area contributed by atoms with Crippen LogP contribution in [0, 0.1) is 13.8 Å². The SMILES string of the molecule is Cc1cccc(C(=O)NCc2ncc(C)s2)c1. The van der Waals surface area contributed by atoms with Gasteiger partial charge in [0.2, 0.25) is 0 Å². The molecule has 1 heterocycles. The van der Waals surface area contributed by atoms with E-state index in [0.717, 1.165) is 15.4 Å². The fourth-order valence-corrected chi connectivity index (χ4v) is 2.25. The highest BCUT2D eigenvalue weighted by atomic mass is 32.1. The lowest BCUT2D eigenvalue weighted by molar-refractivity contribution is 0.0951. The van der Waals surface area contributed by atoms with Gasteiger partial charge in [0.05, 0.1) is 6.54 Å². The van der Waals surface area contributed by atoms with Crippen molar-refractivity contribution >= 4 is 17.2 Å². The summed E-state index contributed by atoms with van der Waals surface area (Å²) >= 11 is 1.60. The highest BCUT2D eigenvalue weighted by Crippen LogP contribution is 2.11. The Balaban J connectivity index is 1.98. The van der Waals surface area contributed by atoms with Crippen molar-refractivity contribution in [1.82, 2.24) is 10.3 Å². The minimum Gasteiger partial charge on any atom is -0.346 e. The van der Waals surface area contributed by atoms with Crippen molar-refractivity contribution in [1.29, 1.82) is 0 Å². The summed E-state index contributed by atoms with van der Waals surface area (Å²) in [7, 11) is 0. The first kappa shape index (κ1) is 11.8. The summed E-state index contributed by atoms with van der Waals surface area (Å²) < 4.78 is 0. The molecule has 1 amide bonds. The quantitative estimate of drug-likeness (QED) is 0.904. The molecular weight excluding hydrogens is 232 g/mol. The van der Waals surface area contributed by atoms with Crippen LogP contribution >= 0.6 is 11.3 Å². The van der Waals surface area contributed by atoms with Crippen molar-refractivity contribution in [2.45, 2.75) is 20.4 Å². The highest BCUT2D eigenvalue weighted by molar-refractivity contribution is 7.11. The first-order valence-corrected chi connectivity index (χ1v) is 6.23. The fourth-order valence-electron chi connectivity index (χ4n) is 1.53. The van der Waals surface area contributed by atoms with Gasteiger partial charge in [-0.25, -0.2) is 4.98 Å². The summed E-state index contributed by atoms with van der Waals surface area (Å²) in [4.78, 5) is 17.2. The number of aromatic nitrogens is 1. The van der Waals surface area contributed by atoms with Crippen LogP contribution in [0.3, 0.4) is 0 Å². The molecule has 0 atom stereocenters.